The summed E-state index contributed by atoms with van der Waals surface area (Å²) < 4.78 is 0. The maximum Gasteiger partial charge on any atom is 0.127 e. The third-order valence-electron chi connectivity index (χ3n) is 5.49. The van der Waals surface area contributed by atoms with Crippen LogP contribution in [0.15, 0.2) is 12.1 Å². The van der Waals surface area contributed by atoms with Crippen molar-refractivity contribution < 1.29 is 10.2 Å². The van der Waals surface area contributed by atoms with Crippen LogP contribution in [-0.2, 0) is 10.8 Å². The molecule has 2 heteroatoms. The van der Waals surface area contributed by atoms with E-state index in [4.69, 9.17) is 0 Å². The number of aromatic hydroxyl groups is 2. The van der Waals surface area contributed by atoms with Gasteiger partial charge in [-0.2, -0.15) is 0 Å². The molecule has 2 rings (SSSR count). The zero-order chi connectivity index (χ0) is 20.2. The number of phenols is 2. The molecule has 0 aliphatic carbocycles. The Kier molecular flexibility index (Phi) is 4.96. The van der Waals surface area contributed by atoms with Gasteiger partial charge < -0.3 is 10.2 Å². The number of benzene rings is 2. The lowest BCUT2D eigenvalue weighted by Crippen LogP contribution is -2.18. The molecule has 0 unspecified atom stereocenters. The maximum atomic E-state index is 11.1. The number of hydrogen-bond donors (Lipinski definition) is 2. The zero-order valence-corrected chi connectivity index (χ0v) is 18.0. The SMILES string of the molecule is Cc1cc(C(C)(C)C)c(-c2c(C(C)(C)C)cc(C)c(C)c2O)c(O)c1C. The Morgan fingerprint density at radius 1 is 0.577 bits per heavy atom. The molecule has 0 radical (unpaired) electrons. The molecule has 0 saturated carbocycles. The molecule has 0 heterocycles. The largest absolute Gasteiger partial charge is 0.507 e. The van der Waals surface area contributed by atoms with Crippen molar-refractivity contribution in [1.29, 1.82) is 0 Å². The van der Waals surface area contributed by atoms with Gasteiger partial charge in [0.15, 0.2) is 0 Å². The van der Waals surface area contributed by atoms with Gasteiger partial charge in [0.2, 0.25) is 0 Å². The highest BCUT2D eigenvalue weighted by atomic mass is 16.3. The minimum Gasteiger partial charge on any atom is -0.507 e. The molecule has 0 aromatic heterocycles. The fraction of sp³-hybridized carbons (Fsp3) is 0.500. The Bertz CT molecular complexity index is 786. The van der Waals surface area contributed by atoms with E-state index in [0.717, 1.165) is 44.5 Å². The highest BCUT2D eigenvalue weighted by Crippen LogP contribution is 2.50. The van der Waals surface area contributed by atoms with Crippen LogP contribution >= 0.6 is 0 Å². The van der Waals surface area contributed by atoms with E-state index in [-0.39, 0.29) is 22.3 Å². The second-order valence-electron chi connectivity index (χ2n) is 9.68. The summed E-state index contributed by atoms with van der Waals surface area (Å²) >= 11 is 0. The summed E-state index contributed by atoms with van der Waals surface area (Å²) in [5.74, 6) is 0.554. The zero-order valence-electron chi connectivity index (χ0n) is 18.0. The van der Waals surface area contributed by atoms with E-state index in [1.54, 1.807) is 0 Å². The Balaban J connectivity index is 3.12. The molecule has 0 saturated heterocycles. The second-order valence-corrected chi connectivity index (χ2v) is 9.68. The topological polar surface area (TPSA) is 40.5 Å². The van der Waals surface area contributed by atoms with Crippen molar-refractivity contribution in [3.8, 4) is 22.6 Å². The van der Waals surface area contributed by atoms with Gasteiger partial charge in [0, 0.05) is 11.1 Å². The van der Waals surface area contributed by atoms with Crippen molar-refractivity contribution in [3.63, 3.8) is 0 Å². The lowest BCUT2D eigenvalue weighted by molar-refractivity contribution is 0.458. The lowest BCUT2D eigenvalue weighted by atomic mass is 9.74. The van der Waals surface area contributed by atoms with Gasteiger partial charge in [-0.15, -0.1) is 0 Å². The van der Waals surface area contributed by atoms with E-state index in [9.17, 15) is 10.2 Å². The molecule has 142 valence electrons. The Labute approximate surface area is 158 Å². The summed E-state index contributed by atoms with van der Waals surface area (Å²) in [7, 11) is 0. The van der Waals surface area contributed by atoms with Gasteiger partial charge in [-0.05, 0) is 71.9 Å². The minimum atomic E-state index is -0.161. The van der Waals surface area contributed by atoms with Crippen molar-refractivity contribution >= 4 is 0 Å². The minimum absolute atomic E-state index is 0.161. The van der Waals surface area contributed by atoms with Gasteiger partial charge in [0.05, 0.1) is 0 Å². The molecule has 2 aromatic carbocycles. The Morgan fingerprint density at radius 2 is 0.846 bits per heavy atom. The predicted octanol–water partition coefficient (Wildman–Crippen LogP) is 6.59. The molecule has 0 fully saturated rings. The first kappa shape index (κ1) is 20.4. The molecule has 0 amide bonds. The molecule has 0 aliphatic heterocycles. The van der Waals surface area contributed by atoms with Crippen molar-refractivity contribution in [2.24, 2.45) is 0 Å². The fourth-order valence-corrected chi connectivity index (χ4v) is 3.49. The monoisotopic (exact) mass is 354 g/mol. The van der Waals surface area contributed by atoms with Crippen LogP contribution in [0, 0.1) is 27.7 Å². The van der Waals surface area contributed by atoms with Crippen molar-refractivity contribution in [2.45, 2.75) is 80.1 Å². The van der Waals surface area contributed by atoms with Gasteiger partial charge in [0.1, 0.15) is 11.5 Å². The van der Waals surface area contributed by atoms with Crippen molar-refractivity contribution in [1.82, 2.24) is 0 Å². The van der Waals surface area contributed by atoms with E-state index in [1.165, 1.54) is 0 Å². The third kappa shape index (κ3) is 3.34. The number of hydrogen-bond acceptors (Lipinski definition) is 2. The smallest absolute Gasteiger partial charge is 0.127 e. The number of rotatable bonds is 1. The molecule has 2 nitrogen and oxygen atoms in total. The van der Waals surface area contributed by atoms with Crippen LogP contribution in [0.3, 0.4) is 0 Å². The van der Waals surface area contributed by atoms with Crippen LogP contribution in [0.1, 0.15) is 74.9 Å². The fourth-order valence-electron chi connectivity index (χ4n) is 3.49. The normalized spacial score (nSPS) is 12.5. The van der Waals surface area contributed by atoms with Crippen LogP contribution in [0.4, 0.5) is 0 Å². The summed E-state index contributed by atoms with van der Waals surface area (Å²) in [5.41, 5.74) is 7.20. The van der Waals surface area contributed by atoms with Gasteiger partial charge in [-0.25, -0.2) is 0 Å². The van der Waals surface area contributed by atoms with E-state index < -0.39 is 0 Å². The molecule has 0 bridgehead atoms. The quantitative estimate of drug-likeness (QED) is 0.606. The molecule has 0 atom stereocenters. The lowest BCUT2D eigenvalue weighted by Gasteiger charge is -2.31. The standard InChI is InChI=1S/C24H34O2/c1-13-11-17(23(5,6)7)19(21(25)15(13)3)20-18(24(8,9)10)12-14(2)16(4)22(20)26/h11-12,25-26H,1-10H3. The van der Waals surface area contributed by atoms with E-state index in [1.807, 2.05) is 27.7 Å². The predicted molar refractivity (Wildman–Crippen MR) is 112 cm³/mol. The second kappa shape index (κ2) is 6.33. The van der Waals surface area contributed by atoms with Crippen LogP contribution in [0.2, 0.25) is 0 Å². The van der Waals surface area contributed by atoms with Gasteiger partial charge in [-0.3, -0.25) is 0 Å². The first-order valence-corrected chi connectivity index (χ1v) is 9.35. The summed E-state index contributed by atoms with van der Waals surface area (Å²) in [4.78, 5) is 0. The van der Waals surface area contributed by atoms with Crippen LogP contribution in [0.25, 0.3) is 11.1 Å². The Hall–Kier alpha value is -1.96. The number of phenolic OH excluding ortho intramolecular Hbond substituents is 2. The van der Waals surface area contributed by atoms with Crippen LogP contribution < -0.4 is 0 Å². The summed E-state index contributed by atoms with van der Waals surface area (Å²) in [5, 5.41) is 22.3. The average Bonchev–Trinajstić information content (AvgIpc) is 2.49. The van der Waals surface area contributed by atoms with Crippen molar-refractivity contribution in [3.05, 3.63) is 45.5 Å². The highest BCUT2D eigenvalue weighted by Gasteiger charge is 2.30. The summed E-state index contributed by atoms with van der Waals surface area (Å²) in [6.45, 7) is 20.8. The molecular weight excluding hydrogens is 320 g/mol. The summed E-state index contributed by atoms with van der Waals surface area (Å²) in [6.07, 6.45) is 0. The maximum absolute atomic E-state index is 11.1. The summed E-state index contributed by atoms with van der Waals surface area (Å²) in [6, 6.07) is 4.32. The molecule has 0 aliphatic rings. The highest BCUT2D eigenvalue weighted by molar-refractivity contribution is 5.85. The van der Waals surface area contributed by atoms with E-state index in [2.05, 4.69) is 53.7 Å². The Morgan fingerprint density at radius 3 is 1.08 bits per heavy atom. The molecule has 2 N–H and O–H groups in total. The van der Waals surface area contributed by atoms with E-state index >= 15 is 0 Å². The average molecular weight is 355 g/mol. The third-order valence-corrected chi connectivity index (χ3v) is 5.49. The number of aryl methyl sites for hydroxylation is 2. The molecule has 0 spiro atoms. The molecular formula is C24H34O2. The first-order chi connectivity index (χ1) is 11.7. The van der Waals surface area contributed by atoms with E-state index in [0.29, 0.717) is 0 Å². The van der Waals surface area contributed by atoms with Crippen LogP contribution in [0.5, 0.6) is 11.5 Å². The van der Waals surface area contributed by atoms with Gasteiger partial charge in [-0.1, -0.05) is 53.7 Å². The van der Waals surface area contributed by atoms with Crippen LogP contribution in [-0.4, -0.2) is 10.2 Å². The van der Waals surface area contributed by atoms with Gasteiger partial charge in [0.25, 0.3) is 0 Å². The first-order valence-electron chi connectivity index (χ1n) is 9.35. The molecule has 2 aromatic rings. The van der Waals surface area contributed by atoms with Gasteiger partial charge >= 0.3 is 0 Å². The molecule has 26 heavy (non-hydrogen) atoms. The van der Waals surface area contributed by atoms with Crippen molar-refractivity contribution in [2.75, 3.05) is 0 Å².